The largest absolute Gasteiger partial charge is 0.387 e. The lowest BCUT2D eigenvalue weighted by atomic mass is 9.99. The first-order chi connectivity index (χ1) is 6.68. The Bertz CT molecular complexity index is 340. The van der Waals surface area contributed by atoms with Crippen molar-refractivity contribution in [3.8, 4) is 0 Å². The fraction of sp³-hybridized carbons (Fsp3) is 0.455. The van der Waals surface area contributed by atoms with E-state index in [1.54, 1.807) is 0 Å². The molecule has 0 aromatic heterocycles. The molecule has 1 aromatic carbocycles. The van der Waals surface area contributed by atoms with Crippen LogP contribution in [0.25, 0.3) is 0 Å². The Labute approximate surface area is 92.3 Å². The second-order valence-electron chi connectivity index (χ2n) is 3.84. The summed E-state index contributed by atoms with van der Waals surface area (Å²) in [5.41, 5.74) is 8.09. The summed E-state index contributed by atoms with van der Waals surface area (Å²) in [5.74, 6) is 0. The molecule has 2 rings (SSSR count). The Hall–Kier alpha value is -0.380. The smallest absolute Gasteiger partial charge is 0.0943 e. The molecule has 2 atom stereocenters. The second kappa shape index (κ2) is 4.01. The molecule has 0 unspecified atom stereocenters. The van der Waals surface area contributed by atoms with Crippen LogP contribution in [0.1, 0.15) is 30.1 Å². The highest BCUT2D eigenvalue weighted by Gasteiger charge is 2.22. The van der Waals surface area contributed by atoms with Crippen molar-refractivity contribution in [2.75, 3.05) is 0 Å². The fourth-order valence-electron chi connectivity index (χ4n) is 2.00. The minimum Gasteiger partial charge on any atom is -0.387 e. The van der Waals surface area contributed by atoms with Crippen molar-refractivity contribution < 1.29 is 5.11 Å². The first-order valence-corrected chi connectivity index (χ1v) is 5.70. The Morgan fingerprint density at radius 2 is 2.21 bits per heavy atom. The summed E-state index contributed by atoms with van der Waals surface area (Å²) in [5, 5.41) is 9.96. The van der Waals surface area contributed by atoms with Crippen LogP contribution in [0, 0.1) is 0 Å². The topological polar surface area (TPSA) is 46.2 Å². The maximum atomic E-state index is 9.96. The zero-order chi connectivity index (χ0) is 10.1. The molecular formula is C11H14BrNO. The Morgan fingerprint density at radius 3 is 3.00 bits per heavy atom. The van der Waals surface area contributed by atoms with E-state index in [1.807, 2.05) is 12.1 Å². The van der Waals surface area contributed by atoms with Crippen molar-refractivity contribution in [2.45, 2.75) is 31.4 Å². The van der Waals surface area contributed by atoms with Crippen LogP contribution in [-0.4, -0.2) is 11.1 Å². The maximum absolute atomic E-state index is 9.96. The monoisotopic (exact) mass is 255 g/mol. The fourth-order valence-corrected chi connectivity index (χ4v) is 2.40. The van der Waals surface area contributed by atoms with Gasteiger partial charge in [-0.3, -0.25) is 0 Å². The number of fused-ring (bicyclic) bond motifs is 1. The predicted octanol–water partition coefficient (Wildman–Crippen LogP) is 2.15. The van der Waals surface area contributed by atoms with Crippen LogP contribution in [-0.2, 0) is 6.42 Å². The minimum atomic E-state index is -0.499. The number of hydrogen-bond acceptors (Lipinski definition) is 2. The van der Waals surface area contributed by atoms with Gasteiger partial charge in [0.25, 0.3) is 0 Å². The van der Waals surface area contributed by atoms with Crippen LogP contribution in [0.4, 0.5) is 0 Å². The lowest BCUT2D eigenvalue weighted by Crippen LogP contribution is -2.27. The quantitative estimate of drug-likeness (QED) is 0.698. The molecule has 3 heteroatoms. The van der Waals surface area contributed by atoms with Gasteiger partial charge in [-0.05, 0) is 42.5 Å². The van der Waals surface area contributed by atoms with Crippen LogP contribution >= 0.6 is 15.9 Å². The highest BCUT2D eigenvalue weighted by Crippen LogP contribution is 2.29. The first-order valence-electron chi connectivity index (χ1n) is 4.90. The summed E-state index contributed by atoms with van der Waals surface area (Å²) in [6, 6.07) is 5.89. The normalized spacial score (nSPS) is 26.8. The maximum Gasteiger partial charge on any atom is 0.0943 e. The third kappa shape index (κ3) is 1.85. The van der Waals surface area contributed by atoms with Crippen molar-refractivity contribution in [3.05, 3.63) is 33.8 Å². The van der Waals surface area contributed by atoms with E-state index >= 15 is 0 Å². The van der Waals surface area contributed by atoms with E-state index in [1.165, 1.54) is 5.56 Å². The summed E-state index contributed by atoms with van der Waals surface area (Å²) < 4.78 is 1.07. The standard InChI is InChI=1S/C11H14BrNO/c12-8-4-5-9-7(6-8)2-1-3-10(13)11(9)14/h4-6,10-11,14H,1-3,13H2/t10-,11+/m1/s1. The molecule has 1 aromatic rings. The van der Waals surface area contributed by atoms with E-state index in [0.29, 0.717) is 0 Å². The van der Waals surface area contributed by atoms with E-state index in [0.717, 1.165) is 29.3 Å². The van der Waals surface area contributed by atoms with Gasteiger partial charge in [0.15, 0.2) is 0 Å². The number of nitrogens with two attached hydrogens (primary N) is 1. The number of halogens is 1. The third-order valence-corrected chi connectivity index (χ3v) is 3.31. The molecule has 0 heterocycles. The lowest BCUT2D eigenvalue weighted by Gasteiger charge is -2.17. The first kappa shape index (κ1) is 10.1. The van der Waals surface area contributed by atoms with Crippen molar-refractivity contribution in [2.24, 2.45) is 5.73 Å². The van der Waals surface area contributed by atoms with E-state index in [2.05, 4.69) is 22.0 Å². The molecule has 0 saturated heterocycles. The van der Waals surface area contributed by atoms with Crippen LogP contribution in [0.15, 0.2) is 22.7 Å². The Balaban J connectivity index is 2.43. The van der Waals surface area contributed by atoms with Gasteiger partial charge in [-0.15, -0.1) is 0 Å². The Morgan fingerprint density at radius 1 is 1.43 bits per heavy atom. The molecule has 3 N–H and O–H groups in total. The molecule has 0 radical (unpaired) electrons. The summed E-state index contributed by atoms with van der Waals surface area (Å²) in [6.07, 6.45) is 2.47. The van der Waals surface area contributed by atoms with Crippen LogP contribution < -0.4 is 5.73 Å². The van der Waals surface area contributed by atoms with Crippen LogP contribution in [0.2, 0.25) is 0 Å². The van der Waals surface area contributed by atoms with Gasteiger partial charge in [0.1, 0.15) is 0 Å². The van der Waals surface area contributed by atoms with Crippen molar-refractivity contribution in [1.82, 2.24) is 0 Å². The van der Waals surface area contributed by atoms with Gasteiger partial charge >= 0.3 is 0 Å². The molecule has 1 aliphatic carbocycles. The molecule has 0 spiro atoms. The van der Waals surface area contributed by atoms with Gasteiger partial charge in [0.2, 0.25) is 0 Å². The van der Waals surface area contributed by atoms with Crippen molar-refractivity contribution in [3.63, 3.8) is 0 Å². The van der Waals surface area contributed by atoms with Gasteiger partial charge in [0, 0.05) is 10.5 Å². The Kier molecular flexibility index (Phi) is 2.91. The highest BCUT2D eigenvalue weighted by molar-refractivity contribution is 9.10. The molecule has 14 heavy (non-hydrogen) atoms. The number of rotatable bonds is 0. The van der Waals surface area contributed by atoms with E-state index in [-0.39, 0.29) is 6.04 Å². The molecule has 0 amide bonds. The molecular weight excluding hydrogens is 242 g/mol. The van der Waals surface area contributed by atoms with Gasteiger partial charge < -0.3 is 10.8 Å². The highest BCUT2D eigenvalue weighted by atomic mass is 79.9. The lowest BCUT2D eigenvalue weighted by molar-refractivity contribution is 0.144. The van der Waals surface area contributed by atoms with Crippen molar-refractivity contribution in [1.29, 1.82) is 0 Å². The van der Waals surface area contributed by atoms with E-state index in [4.69, 9.17) is 5.73 Å². The molecule has 76 valence electrons. The van der Waals surface area contributed by atoms with E-state index in [9.17, 15) is 5.11 Å². The average Bonchev–Trinajstić information content (AvgIpc) is 2.28. The van der Waals surface area contributed by atoms with Crippen molar-refractivity contribution >= 4 is 15.9 Å². The summed E-state index contributed by atoms with van der Waals surface area (Å²) >= 11 is 3.44. The number of hydrogen-bond donors (Lipinski definition) is 2. The van der Waals surface area contributed by atoms with Gasteiger partial charge in [-0.1, -0.05) is 22.0 Å². The van der Waals surface area contributed by atoms with Crippen LogP contribution in [0.5, 0.6) is 0 Å². The average molecular weight is 256 g/mol. The SMILES string of the molecule is N[C@@H]1CCCc2cc(Br)ccc2[C@@H]1O. The van der Waals surface area contributed by atoms with E-state index < -0.39 is 6.10 Å². The summed E-state index contributed by atoms with van der Waals surface area (Å²) in [4.78, 5) is 0. The number of aliphatic hydroxyl groups excluding tert-OH is 1. The summed E-state index contributed by atoms with van der Waals surface area (Å²) in [7, 11) is 0. The number of benzene rings is 1. The molecule has 0 aliphatic heterocycles. The zero-order valence-corrected chi connectivity index (χ0v) is 9.50. The molecule has 1 aliphatic rings. The zero-order valence-electron chi connectivity index (χ0n) is 7.91. The molecule has 0 saturated carbocycles. The number of aryl methyl sites for hydroxylation is 1. The van der Waals surface area contributed by atoms with Gasteiger partial charge in [-0.25, -0.2) is 0 Å². The third-order valence-electron chi connectivity index (χ3n) is 2.81. The van der Waals surface area contributed by atoms with Crippen LogP contribution in [0.3, 0.4) is 0 Å². The second-order valence-corrected chi connectivity index (χ2v) is 4.76. The summed E-state index contributed by atoms with van der Waals surface area (Å²) in [6.45, 7) is 0. The molecule has 0 bridgehead atoms. The number of aliphatic hydroxyl groups is 1. The molecule has 0 fully saturated rings. The minimum absolute atomic E-state index is 0.113. The van der Waals surface area contributed by atoms with Gasteiger partial charge in [0.05, 0.1) is 6.10 Å². The predicted molar refractivity (Wildman–Crippen MR) is 60.0 cm³/mol. The molecule has 2 nitrogen and oxygen atoms in total. The van der Waals surface area contributed by atoms with Gasteiger partial charge in [-0.2, -0.15) is 0 Å².